The fraction of sp³-hybridized carbons (Fsp3) is 0.955. The highest BCUT2D eigenvalue weighted by molar-refractivity contribution is 5.79. The van der Waals surface area contributed by atoms with Crippen molar-refractivity contribution in [3.63, 3.8) is 0 Å². The van der Waals surface area contributed by atoms with Crippen molar-refractivity contribution in [2.24, 2.45) is 40.4 Å². The molecule has 0 radical (unpaired) electrons. The summed E-state index contributed by atoms with van der Waals surface area (Å²) in [5.74, 6) is 2.68. The molecule has 0 bridgehead atoms. The number of fused-ring (bicyclic) bond motifs is 5. The minimum atomic E-state index is -0.724. The maximum Gasteiger partial charge on any atom is 0.133 e. The highest BCUT2D eigenvalue weighted by Crippen LogP contribution is 2.69. The highest BCUT2D eigenvalue weighted by atomic mass is 16.3. The average Bonchev–Trinajstić information content (AvgIpc) is 2.88. The van der Waals surface area contributed by atoms with Gasteiger partial charge in [-0.25, -0.2) is 0 Å². The van der Waals surface area contributed by atoms with Gasteiger partial charge in [-0.05, 0) is 86.4 Å². The molecule has 0 aromatic heterocycles. The van der Waals surface area contributed by atoms with Crippen LogP contribution < -0.4 is 0 Å². The maximum absolute atomic E-state index is 12.2. The first-order valence-electron chi connectivity index (χ1n) is 10.5. The Bertz CT molecular complexity index is 574. The Morgan fingerprint density at radius 3 is 2.44 bits per heavy atom. The van der Waals surface area contributed by atoms with Crippen LogP contribution in [0.15, 0.2) is 0 Å². The summed E-state index contributed by atoms with van der Waals surface area (Å²) in [6, 6.07) is 0. The maximum atomic E-state index is 12.2. The quantitative estimate of drug-likeness (QED) is 0.754. The molecule has 0 spiro atoms. The van der Waals surface area contributed by atoms with Gasteiger partial charge in [0.2, 0.25) is 0 Å². The van der Waals surface area contributed by atoms with Crippen molar-refractivity contribution in [3.8, 4) is 0 Å². The number of carbonyl (C=O) groups is 1. The summed E-state index contributed by atoms with van der Waals surface area (Å²) in [6.45, 7) is 8.68. The molecule has 25 heavy (non-hydrogen) atoms. The molecule has 142 valence electrons. The second-order valence-electron chi connectivity index (χ2n) is 10.5. The van der Waals surface area contributed by atoms with Gasteiger partial charge in [-0.1, -0.05) is 20.8 Å². The summed E-state index contributed by atoms with van der Waals surface area (Å²) in [5.41, 5.74) is -0.630. The van der Waals surface area contributed by atoms with Gasteiger partial charge in [0.05, 0.1) is 11.7 Å². The first-order valence-corrected chi connectivity index (χ1v) is 10.5. The molecule has 0 aliphatic heterocycles. The molecule has 3 heteroatoms. The van der Waals surface area contributed by atoms with E-state index in [4.69, 9.17) is 0 Å². The summed E-state index contributed by atoms with van der Waals surface area (Å²) in [5, 5.41) is 21.9. The third kappa shape index (κ3) is 2.21. The van der Waals surface area contributed by atoms with Gasteiger partial charge in [0, 0.05) is 12.3 Å². The molecule has 4 aliphatic rings. The number of Topliss-reactive ketones (excluding diaryl/α,β-unsaturated/α-hetero) is 1. The normalized spacial score (nSPS) is 58.2. The fourth-order valence-corrected chi connectivity index (χ4v) is 8.33. The van der Waals surface area contributed by atoms with Gasteiger partial charge in [0.25, 0.3) is 0 Å². The van der Waals surface area contributed by atoms with Crippen molar-refractivity contribution >= 4 is 5.78 Å². The van der Waals surface area contributed by atoms with Gasteiger partial charge in [0.15, 0.2) is 0 Å². The molecule has 0 saturated heterocycles. The predicted octanol–water partition coefficient (Wildman–Crippen LogP) is 3.96. The van der Waals surface area contributed by atoms with Gasteiger partial charge in [-0.3, -0.25) is 4.79 Å². The van der Waals surface area contributed by atoms with Gasteiger partial charge >= 0.3 is 0 Å². The largest absolute Gasteiger partial charge is 0.393 e. The Morgan fingerprint density at radius 1 is 1.04 bits per heavy atom. The monoisotopic (exact) mass is 348 g/mol. The number of aliphatic hydroxyl groups excluding tert-OH is 1. The SMILES string of the molecule is CC(=O)C1CCC2C3CC(C)C4(O)CC(O)CCC4(C)C3CCC12C. The van der Waals surface area contributed by atoms with Crippen LogP contribution in [-0.4, -0.2) is 27.7 Å². The van der Waals surface area contributed by atoms with Crippen molar-refractivity contribution in [1.82, 2.24) is 0 Å². The second kappa shape index (κ2) is 5.55. The first kappa shape index (κ1) is 18.0. The Hall–Kier alpha value is -0.410. The Balaban J connectivity index is 1.69. The average molecular weight is 349 g/mol. The number of carbonyl (C=O) groups excluding carboxylic acids is 1. The third-order valence-corrected chi connectivity index (χ3v) is 9.72. The summed E-state index contributed by atoms with van der Waals surface area (Å²) in [6.07, 6.45) is 7.55. The summed E-state index contributed by atoms with van der Waals surface area (Å²) in [7, 11) is 0. The van der Waals surface area contributed by atoms with Crippen LogP contribution in [0.3, 0.4) is 0 Å². The molecular formula is C22H36O3. The highest BCUT2D eigenvalue weighted by Gasteiger charge is 2.66. The van der Waals surface area contributed by atoms with Crippen LogP contribution in [0, 0.1) is 40.4 Å². The number of ketones is 1. The van der Waals surface area contributed by atoms with E-state index < -0.39 is 5.60 Å². The number of rotatable bonds is 1. The van der Waals surface area contributed by atoms with Gasteiger partial charge in [-0.2, -0.15) is 0 Å². The van der Waals surface area contributed by atoms with Crippen molar-refractivity contribution in [1.29, 1.82) is 0 Å². The zero-order chi connectivity index (χ0) is 18.2. The van der Waals surface area contributed by atoms with E-state index in [0.29, 0.717) is 30.0 Å². The number of hydrogen-bond donors (Lipinski definition) is 2. The van der Waals surface area contributed by atoms with Crippen LogP contribution in [-0.2, 0) is 4.79 Å². The minimum absolute atomic E-state index is 0.0792. The van der Waals surface area contributed by atoms with Crippen LogP contribution in [0.2, 0.25) is 0 Å². The molecule has 0 aromatic rings. The standard InChI is InChI=1S/C22H36O3/c1-13-11-16-18-6-5-17(14(2)23)20(18,3)9-8-19(16)21(4)10-7-15(24)12-22(13,21)25/h13,15-19,24-25H,5-12H2,1-4H3. The van der Waals surface area contributed by atoms with E-state index in [9.17, 15) is 15.0 Å². The molecule has 4 fully saturated rings. The fourth-order valence-electron chi connectivity index (χ4n) is 8.33. The Labute approximate surface area is 152 Å². The number of aliphatic hydroxyl groups is 2. The molecule has 3 nitrogen and oxygen atoms in total. The molecular weight excluding hydrogens is 312 g/mol. The smallest absolute Gasteiger partial charge is 0.133 e. The summed E-state index contributed by atoms with van der Waals surface area (Å²) < 4.78 is 0. The van der Waals surface area contributed by atoms with E-state index >= 15 is 0 Å². The molecule has 4 saturated carbocycles. The van der Waals surface area contributed by atoms with Gasteiger partial charge < -0.3 is 10.2 Å². The molecule has 0 aromatic carbocycles. The second-order valence-corrected chi connectivity index (χ2v) is 10.5. The lowest BCUT2D eigenvalue weighted by Crippen LogP contribution is -2.66. The van der Waals surface area contributed by atoms with Gasteiger partial charge in [-0.15, -0.1) is 0 Å². The minimum Gasteiger partial charge on any atom is -0.393 e. The van der Waals surface area contributed by atoms with Crippen LogP contribution in [0.4, 0.5) is 0 Å². The van der Waals surface area contributed by atoms with E-state index in [-0.39, 0.29) is 28.8 Å². The molecule has 9 unspecified atom stereocenters. The van der Waals surface area contributed by atoms with E-state index in [1.54, 1.807) is 6.92 Å². The van der Waals surface area contributed by atoms with E-state index in [2.05, 4.69) is 20.8 Å². The third-order valence-electron chi connectivity index (χ3n) is 9.72. The Kier molecular flexibility index (Phi) is 3.99. The van der Waals surface area contributed by atoms with E-state index in [0.717, 1.165) is 38.5 Å². The molecule has 9 atom stereocenters. The molecule has 4 aliphatic carbocycles. The van der Waals surface area contributed by atoms with E-state index in [1.807, 2.05) is 0 Å². The van der Waals surface area contributed by atoms with Crippen LogP contribution in [0.5, 0.6) is 0 Å². The Morgan fingerprint density at radius 2 is 1.76 bits per heavy atom. The predicted molar refractivity (Wildman–Crippen MR) is 97.9 cm³/mol. The van der Waals surface area contributed by atoms with Crippen LogP contribution in [0.1, 0.15) is 79.1 Å². The molecule has 0 heterocycles. The number of hydrogen-bond acceptors (Lipinski definition) is 3. The molecule has 2 N–H and O–H groups in total. The zero-order valence-corrected chi connectivity index (χ0v) is 16.4. The van der Waals surface area contributed by atoms with E-state index in [1.165, 1.54) is 6.42 Å². The van der Waals surface area contributed by atoms with Crippen molar-refractivity contribution < 1.29 is 15.0 Å². The lowest BCUT2D eigenvalue weighted by Gasteiger charge is -2.66. The van der Waals surface area contributed by atoms with Gasteiger partial charge in [0.1, 0.15) is 5.78 Å². The van der Waals surface area contributed by atoms with Crippen LogP contribution in [0.25, 0.3) is 0 Å². The summed E-state index contributed by atoms with van der Waals surface area (Å²) in [4.78, 5) is 12.2. The molecule has 0 amide bonds. The van der Waals surface area contributed by atoms with Crippen molar-refractivity contribution in [3.05, 3.63) is 0 Å². The summed E-state index contributed by atoms with van der Waals surface area (Å²) >= 11 is 0. The zero-order valence-electron chi connectivity index (χ0n) is 16.4. The van der Waals surface area contributed by atoms with Crippen molar-refractivity contribution in [2.75, 3.05) is 0 Å². The topological polar surface area (TPSA) is 57.5 Å². The van der Waals surface area contributed by atoms with Crippen molar-refractivity contribution in [2.45, 2.75) is 90.8 Å². The first-order chi connectivity index (χ1) is 11.6. The lowest BCUT2D eigenvalue weighted by atomic mass is 9.41. The lowest BCUT2D eigenvalue weighted by molar-refractivity contribution is -0.243. The molecule has 4 rings (SSSR count). The van der Waals surface area contributed by atoms with Crippen LogP contribution >= 0.6 is 0 Å².